The molecule has 0 spiro atoms. The Morgan fingerprint density at radius 1 is 1.29 bits per heavy atom. The normalized spacial score (nSPS) is 12.4. The molecule has 0 saturated carbocycles. The van der Waals surface area contributed by atoms with Crippen LogP contribution in [0.5, 0.6) is 5.75 Å². The highest BCUT2D eigenvalue weighted by molar-refractivity contribution is 9.10. The highest BCUT2D eigenvalue weighted by Crippen LogP contribution is 2.25. The largest absolute Gasteiger partial charge is 0.497 e. The second-order valence-electron chi connectivity index (χ2n) is 5.25. The van der Waals surface area contributed by atoms with Gasteiger partial charge in [0, 0.05) is 12.9 Å². The van der Waals surface area contributed by atoms with Gasteiger partial charge >= 0.3 is 0 Å². The third kappa shape index (κ3) is 4.01. The fraction of sp³-hybridized carbons (Fsp3) is 0.438. The van der Waals surface area contributed by atoms with Crippen molar-refractivity contribution >= 4 is 27.5 Å². The van der Waals surface area contributed by atoms with Gasteiger partial charge in [-0.2, -0.15) is 5.10 Å². The fourth-order valence-corrected chi connectivity index (χ4v) is 3.17. The van der Waals surface area contributed by atoms with Crippen LogP contribution >= 0.6 is 27.5 Å². The molecule has 2 rings (SSSR count). The average molecular weight is 372 g/mol. The van der Waals surface area contributed by atoms with E-state index in [1.807, 2.05) is 30.8 Å². The predicted octanol–water partition coefficient (Wildman–Crippen LogP) is 4.14. The van der Waals surface area contributed by atoms with Gasteiger partial charge in [-0.15, -0.1) is 11.6 Å². The lowest BCUT2D eigenvalue weighted by Gasteiger charge is -2.15. The summed E-state index contributed by atoms with van der Waals surface area (Å²) in [6.45, 7) is 2.01. The summed E-state index contributed by atoms with van der Waals surface area (Å²) in [7, 11) is 3.66. The van der Waals surface area contributed by atoms with Crippen molar-refractivity contribution in [3.63, 3.8) is 0 Å². The number of halogens is 2. The van der Waals surface area contributed by atoms with Crippen molar-refractivity contribution < 1.29 is 4.74 Å². The molecule has 1 atom stereocenters. The molecular formula is C16H20BrClN2O. The zero-order chi connectivity index (χ0) is 15.4. The summed E-state index contributed by atoms with van der Waals surface area (Å²) < 4.78 is 8.22. The van der Waals surface area contributed by atoms with Crippen molar-refractivity contribution in [3.05, 3.63) is 45.7 Å². The van der Waals surface area contributed by atoms with Crippen LogP contribution in [0.2, 0.25) is 0 Å². The molecule has 5 heteroatoms. The Labute approximate surface area is 139 Å². The van der Waals surface area contributed by atoms with Crippen LogP contribution in [-0.2, 0) is 19.9 Å². The summed E-state index contributed by atoms with van der Waals surface area (Å²) in [6.07, 6.45) is 1.86. The molecule has 0 radical (unpaired) electrons. The van der Waals surface area contributed by atoms with Crippen LogP contribution in [0.25, 0.3) is 0 Å². The number of aryl methyl sites for hydroxylation is 2. The molecule has 21 heavy (non-hydrogen) atoms. The monoisotopic (exact) mass is 370 g/mol. The van der Waals surface area contributed by atoms with E-state index in [4.69, 9.17) is 16.3 Å². The molecule has 114 valence electrons. The maximum atomic E-state index is 6.17. The van der Waals surface area contributed by atoms with Crippen molar-refractivity contribution in [2.45, 2.75) is 19.8 Å². The first-order valence-corrected chi connectivity index (χ1v) is 8.24. The number of aromatic nitrogens is 2. The topological polar surface area (TPSA) is 27.1 Å². The standard InChI is InChI=1S/C16H20BrClN2O/c1-11-16(17)15(20(2)19-11)9-13(10-18)8-12-4-6-14(21-3)7-5-12/h4-7,13H,8-10H2,1-3H3. The SMILES string of the molecule is COc1ccc(CC(CCl)Cc2c(Br)c(C)nn2C)cc1. The van der Waals surface area contributed by atoms with Gasteiger partial charge < -0.3 is 4.74 Å². The van der Waals surface area contributed by atoms with E-state index in [0.29, 0.717) is 11.8 Å². The maximum absolute atomic E-state index is 6.17. The molecule has 0 bridgehead atoms. The van der Waals surface area contributed by atoms with Crippen molar-refractivity contribution in [1.29, 1.82) is 0 Å². The molecule has 0 amide bonds. The van der Waals surface area contributed by atoms with Crippen LogP contribution in [0.15, 0.2) is 28.7 Å². The number of methoxy groups -OCH3 is 1. The first-order chi connectivity index (χ1) is 10.0. The zero-order valence-electron chi connectivity index (χ0n) is 12.6. The van der Waals surface area contributed by atoms with Crippen molar-refractivity contribution in [3.8, 4) is 5.75 Å². The van der Waals surface area contributed by atoms with Gasteiger partial charge in [0.25, 0.3) is 0 Å². The number of ether oxygens (including phenoxy) is 1. The molecule has 0 N–H and O–H groups in total. The van der Waals surface area contributed by atoms with Gasteiger partial charge in [0.1, 0.15) is 5.75 Å². The van der Waals surface area contributed by atoms with Crippen LogP contribution in [0.1, 0.15) is 17.0 Å². The van der Waals surface area contributed by atoms with E-state index in [0.717, 1.165) is 28.8 Å². The molecule has 3 nitrogen and oxygen atoms in total. The molecule has 1 aromatic carbocycles. The molecule has 0 aliphatic carbocycles. The summed E-state index contributed by atoms with van der Waals surface area (Å²) in [4.78, 5) is 0. The van der Waals surface area contributed by atoms with Gasteiger partial charge in [-0.05, 0) is 59.3 Å². The molecule has 0 saturated heterocycles. The van der Waals surface area contributed by atoms with Gasteiger partial charge in [-0.1, -0.05) is 12.1 Å². The van der Waals surface area contributed by atoms with Crippen molar-refractivity contribution in [2.75, 3.05) is 13.0 Å². The van der Waals surface area contributed by atoms with E-state index in [2.05, 4.69) is 33.2 Å². The van der Waals surface area contributed by atoms with Gasteiger partial charge in [0.05, 0.1) is 23.0 Å². The zero-order valence-corrected chi connectivity index (χ0v) is 14.9. The molecule has 2 aromatic rings. The molecule has 1 unspecified atom stereocenters. The van der Waals surface area contributed by atoms with E-state index < -0.39 is 0 Å². The fourth-order valence-electron chi connectivity index (χ4n) is 2.45. The molecule has 0 aliphatic rings. The summed E-state index contributed by atoms with van der Waals surface area (Å²) in [6, 6.07) is 8.18. The molecule has 1 heterocycles. The highest BCUT2D eigenvalue weighted by Gasteiger charge is 2.17. The Bertz CT molecular complexity index is 595. The number of alkyl halides is 1. The van der Waals surface area contributed by atoms with Crippen LogP contribution in [0.3, 0.4) is 0 Å². The predicted molar refractivity (Wildman–Crippen MR) is 90.3 cm³/mol. The van der Waals surface area contributed by atoms with Crippen LogP contribution < -0.4 is 4.74 Å². The summed E-state index contributed by atoms with van der Waals surface area (Å²) >= 11 is 9.79. The van der Waals surface area contributed by atoms with E-state index in [1.165, 1.54) is 11.3 Å². The van der Waals surface area contributed by atoms with E-state index >= 15 is 0 Å². The number of nitrogens with zero attached hydrogens (tertiary/aromatic N) is 2. The van der Waals surface area contributed by atoms with E-state index in [1.54, 1.807) is 7.11 Å². The number of rotatable bonds is 6. The van der Waals surface area contributed by atoms with Crippen LogP contribution in [0, 0.1) is 12.8 Å². The number of hydrogen-bond donors (Lipinski definition) is 0. The summed E-state index contributed by atoms with van der Waals surface area (Å²) in [5.74, 6) is 1.89. The lowest BCUT2D eigenvalue weighted by molar-refractivity contribution is 0.414. The molecule has 0 aliphatic heterocycles. The van der Waals surface area contributed by atoms with Crippen LogP contribution in [-0.4, -0.2) is 22.8 Å². The lowest BCUT2D eigenvalue weighted by atomic mass is 9.96. The Kier molecular flexibility index (Phi) is 5.71. The summed E-state index contributed by atoms with van der Waals surface area (Å²) in [5.41, 5.74) is 3.49. The van der Waals surface area contributed by atoms with Gasteiger partial charge in [-0.25, -0.2) is 0 Å². The first-order valence-electron chi connectivity index (χ1n) is 6.92. The Hall–Kier alpha value is -1.00. The second kappa shape index (κ2) is 7.32. The minimum absolute atomic E-state index is 0.381. The minimum atomic E-state index is 0.381. The molecule has 0 fully saturated rings. The molecule has 1 aromatic heterocycles. The van der Waals surface area contributed by atoms with Gasteiger partial charge in [-0.3, -0.25) is 4.68 Å². The lowest BCUT2D eigenvalue weighted by Crippen LogP contribution is -2.13. The smallest absolute Gasteiger partial charge is 0.118 e. The average Bonchev–Trinajstić information content (AvgIpc) is 2.73. The number of hydrogen-bond acceptors (Lipinski definition) is 2. The Balaban J connectivity index is 2.09. The van der Waals surface area contributed by atoms with Gasteiger partial charge in [0.15, 0.2) is 0 Å². The van der Waals surface area contributed by atoms with Crippen LogP contribution in [0.4, 0.5) is 0 Å². The highest BCUT2D eigenvalue weighted by atomic mass is 79.9. The first kappa shape index (κ1) is 16.4. The third-order valence-electron chi connectivity index (χ3n) is 3.65. The van der Waals surface area contributed by atoms with Crippen molar-refractivity contribution in [2.24, 2.45) is 13.0 Å². The Morgan fingerprint density at radius 3 is 2.43 bits per heavy atom. The maximum Gasteiger partial charge on any atom is 0.118 e. The van der Waals surface area contributed by atoms with Gasteiger partial charge in [0.2, 0.25) is 0 Å². The minimum Gasteiger partial charge on any atom is -0.497 e. The second-order valence-corrected chi connectivity index (χ2v) is 6.35. The number of benzene rings is 1. The van der Waals surface area contributed by atoms with E-state index in [9.17, 15) is 0 Å². The Morgan fingerprint density at radius 2 is 1.95 bits per heavy atom. The molecular weight excluding hydrogens is 352 g/mol. The van der Waals surface area contributed by atoms with Crippen molar-refractivity contribution in [1.82, 2.24) is 9.78 Å². The summed E-state index contributed by atoms with van der Waals surface area (Å²) in [5, 5.41) is 4.44. The van der Waals surface area contributed by atoms with E-state index in [-0.39, 0.29) is 0 Å². The third-order valence-corrected chi connectivity index (χ3v) is 5.11. The quantitative estimate of drug-likeness (QED) is 0.714.